The second-order valence-electron chi connectivity index (χ2n) is 5.23. The Hall–Kier alpha value is -2.89. The standard InChI is InChI=1S/C18H17FO5/c1-3-23-17(22)18(2,16(20)21)12-4-8-14(9-5-12)24-15-10-6-13(19)7-11-15/h4-11H,3H2,1-2H3,(H,20,21). The zero-order valence-electron chi connectivity index (χ0n) is 13.3. The molecule has 2 aromatic rings. The molecule has 24 heavy (non-hydrogen) atoms. The van der Waals surface area contributed by atoms with Crippen LogP contribution >= 0.6 is 0 Å². The maximum absolute atomic E-state index is 12.9. The highest BCUT2D eigenvalue weighted by atomic mass is 19.1. The monoisotopic (exact) mass is 332 g/mol. The highest BCUT2D eigenvalue weighted by Gasteiger charge is 2.44. The molecular weight excluding hydrogens is 315 g/mol. The lowest BCUT2D eigenvalue weighted by molar-refractivity contribution is -0.160. The number of hydrogen-bond acceptors (Lipinski definition) is 4. The topological polar surface area (TPSA) is 72.8 Å². The van der Waals surface area contributed by atoms with Gasteiger partial charge in [0, 0.05) is 0 Å². The molecule has 0 aromatic heterocycles. The highest BCUT2D eigenvalue weighted by molar-refractivity contribution is 6.05. The SMILES string of the molecule is CCOC(=O)C(C)(C(=O)O)c1ccc(Oc2ccc(F)cc2)cc1. The molecule has 0 radical (unpaired) electrons. The Morgan fingerprint density at radius 1 is 1.04 bits per heavy atom. The minimum Gasteiger partial charge on any atom is -0.480 e. The maximum Gasteiger partial charge on any atom is 0.327 e. The van der Waals surface area contributed by atoms with E-state index in [2.05, 4.69) is 0 Å². The summed E-state index contributed by atoms with van der Waals surface area (Å²) >= 11 is 0. The first-order valence-corrected chi connectivity index (χ1v) is 7.32. The molecule has 0 saturated carbocycles. The summed E-state index contributed by atoms with van der Waals surface area (Å²) < 4.78 is 23.3. The molecule has 1 atom stereocenters. The second kappa shape index (κ2) is 7.12. The summed E-state index contributed by atoms with van der Waals surface area (Å²) in [6.07, 6.45) is 0. The van der Waals surface area contributed by atoms with Crippen molar-refractivity contribution in [2.24, 2.45) is 0 Å². The summed E-state index contributed by atoms with van der Waals surface area (Å²) in [7, 11) is 0. The molecule has 5 nitrogen and oxygen atoms in total. The number of benzene rings is 2. The number of aliphatic carboxylic acids is 1. The van der Waals surface area contributed by atoms with Gasteiger partial charge in [0.2, 0.25) is 0 Å². The lowest BCUT2D eigenvalue weighted by Gasteiger charge is -2.23. The fraction of sp³-hybridized carbons (Fsp3) is 0.222. The van der Waals surface area contributed by atoms with Gasteiger partial charge >= 0.3 is 11.9 Å². The maximum atomic E-state index is 12.9. The van der Waals surface area contributed by atoms with E-state index in [4.69, 9.17) is 9.47 Å². The lowest BCUT2D eigenvalue weighted by Crippen LogP contribution is -2.42. The van der Waals surface area contributed by atoms with Crippen LogP contribution in [0.2, 0.25) is 0 Å². The first-order valence-electron chi connectivity index (χ1n) is 7.32. The Labute approximate surface area is 138 Å². The van der Waals surface area contributed by atoms with Crippen molar-refractivity contribution >= 4 is 11.9 Å². The van der Waals surface area contributed by atoms with Gasteiger partial charge in [-0.3, -0.25) is 9.59 Å². The molecule has 0 aliphatic heterocycles. The fourth-order valence-electron chi connectivity index (χ4n) is 2.10. The first-order chi connectivity index (χ1) is 11.4. The van der Waals surface area contributed by atoms with Crippen LogP contribution < -0.4 is 4.74 Å². The molecule has 1 unspecified atom stereocenters. The number of carbonyl (C=O) groups is 2. The molecule has 2 aromatic carbocycles. The molecule has 0 spiro atoms. The molecule has 2 rings (SSSR count). The van der Waals surface area contributed by atoms with Gasteiger partial charge in [0.05, 0.1) is 6.61 Å². The number of ether oxygens (including phenoxy) is 2. The normalized spacial score (nSPS) is 13.0. The van der Waals surface area contributed by atoms with Crippen LogP contribution in [0.15, 0.2) is 48.5 Å². The van der Waals surface area contributed by atoms with Gasteiger partial charge in [-0.2, -0.15) is 0 Å². The average molecular weight is 332 g/mol. The summed E-state index contributed by atoms with van der Waals surface area (Å²) in [4.78, 5) is 23.6. The third-order valence-electron chi connectivity index (χ3n) is 3.59. The van der Waals surface area contributed by atoms with E-state index < -0.39 is 17.4 Å². The molecule has 0 bridgehead atoms. The number of halogens is 1. The number of carboxylic acids is 1. The van der Waals surface area contributed by atoms with Crippen LogP contribution in [0.4, 0.5) is 4.39 Å². The van der Waals surface area contributed by atoms with Gasteiger partial charge < -0.3 is 14.6 Å². The number of esters is 1. The third-order valence-corrected chi connectivity index (χ3v) is 3.59. The van der Waals surface area contributed by atoms with Crippen molar-refractivity contribution in [1.29, 1.82) is 0 Å². The zero-order valence-corrected chi connectivity index (χ0v) is 13.3. The van der Waals surface area contributed by atoms with E-state index in [9.17, 15) is 19.1 Å². The van der Waals surface area contributed by atoms with Gasteiger partial charge in [0.1, 0.15) is 17.3 Å². The van der Waals surface area contributed by atoms with E-state index in [-0.39, 0.29) is 18.0 Å². The molecule has 0 saturated heterocycles. The summed E-state index contributed by atoms with van der Waals surface area (Å²) in [6, 6.07) is 11.6. The zero-order chi connectivity index (χ0) is 17.7. The molecule has 1 N–H and O–H groups in total. The largest absolute Gasteiger partial charge is 0.480 e. The summed E-state index contributed by atoms with van der Waals surface area (Å²) in [6.45, 7) is 3.00. The van der Waals surface area contributed by atoms with E-state index in [1.165, 1.54) is 43.3 Å². The number of rotatable bonds is 6. The molecule has 0 amide bonds. The van der Waals surface area contributed by atoms with Gasteiger partial charge in [-0.05, 0) is 55.8 Å². The number of hydrogen-bond donors (Lipinski definition) is 1. The van der Waals surface area contributed by atoms with E-state index in [0.29, 0.717) is 11.5 Å². The van der Waals surface area contributed by atoms with Crippen molar-refractivity contribution in [2.45, 2.75) is 19.3 Å². The summed E-state index contributed by atoms with van der Waals surface area (Å²) in [5.74, 6) is -1.63. The van der Waals surface area contributed by atoms with E-state index in [1.54, 1.807) is 19.1 Å². The van der Waals surface area contributed by atoms with Crippen LogP contribution in [-0.4, -0.2) is 23.7 Å². The summed E-state index contributed by atoms with van der Waals surface area (Å²) in [5, 5.41) is 9.45. The van der Waals surface area contributed by atoms with Crippen molar-refractivity contribution in [3.8, 4) is 11.5 Å². The molecule has 0 fully saturated rings. The minimum atomic E-state index is -1.80. The van der Waals surface area contributed by atoms with Gasteiger partial charge in [0.25, 0.3) is 0 Å². The van der Waals surface area contributed by atoms with Crippen molar-refractivity contribution in [2.75, 3.05) is 6.61 Å². The Morgan fingerprint density at radius 3 is 2.00 bits per heavy atom. The highest BCUT2D eigenvalue weighted by Crippen LogP contribution is 2.29. The fourth-order valence-corrected chi connectivity index (χ4v) is 2.10. The Bertz CT molecular complexity index is 724. The van der Waals surface area contributed by atoms with E-state index in [1.807, 2.05) is 0 Å². The lowest BCUT2D eigenvalue weighted by atomic mass is 9.82. The smallest absolute Gasteiger partial charge is 0.327 e. The van der Waals surface area contributed by atoms with Crippen LogP contribution in [0, 0.1) is 5.82 Å². The van der Waals surface area contributed by atoms with Gasteiger partial charge in [0.15, 0.2) is 5.41 Å². The van der Waals surface area contributed by atoms with Crippen molar-refractivity contribution in [1.82, 2.24) is 0 Å². The van der Waals surface area contributed by atoms with Crippen molar-refractivity contribution in [3.05, 3.63) is 59.9 Å². The quantitative estimate of drug-likeness (QED) is 0.647. The molecule has 0 aliphatic rings. The minimum absolute atomic E-state index is 0.0907. The first kappa shape index (κ1) is 17.5. The van der Waals surface area contributed by atoms with Crippen LogP contribution in [0.3, 0.4) is 0 Å². The van der Waals surface area contributed by atoms with E-state index in [0.717, 1.165) is 0 Å². The second-order valence-corrected chi connectivity index (χ2v) is 5.23. The van der Waals surface area contributed by atoms with Gasteiger partial charge in [-0.1, -0.05) is 12.1 Å². The third kappa shape index (κ3) is 3.53. The average Bonchev–Trinajstić information content (AvgIpc) is 2.57. The number of carboxylic acid groups (broad SMARTS) is 1. The molecule has 0 aliphatic carbocycles. The van der Waals surface area contributed by atoms with Gasteiger partial charge in [-0.25, -0.2) is 4.39 Å². The van der Waals surface area contributed by atoms with Crippen molar-refractivity contribution in [3.63, 3.8) is 0 Å². The molecular formula is C18H17FO5. The molecule has 0 heterocycles. The van der Waals surface area contributed by atoms with E-state index >= 15 is 0 Å². The van der Waals surface area contributed by atoms with Crippen molar-refractivity contribution < 1.29 is 28.6 Å². The predicted octanol–water partition coefficient (Wildman–Crippen LogP) is 3.52. The van der Waals surface area contributed by atoms with Crippen LogP contribution in [0.25, 0.3) is 0 Å². The van der Waals surface area contributed by atoms with Crippen LogP contribution in [-0.2, 0) is 19.7 Å². The molecule has 126 valence electrons. The Morgan fingerprint density at radius 2 is 1.54 bits per heavy atom. The molecule has 6 heteroatoms. The summed E-state index contributed by atoms with van der Waals surface area (Å²) in [5.41, 5.74) is -1.52. The van der Waals surface area contributed by atoms with Crippen LogP contribution in [0.5, 0.6) is 11.5 Å². The van der Waals surface area contributed by atoms with Crippen LogP contribution in [0.1, 0.15) is 19.4 Å². The number of carbonyl (C=O) groups excluding carboxylic acids is 1. The Balaban J connectivity index is 2.24. The Kier molecular flexibility index (Phi) is 5.18. The predicted molar refractivity (Wildman–Crippen MR) is 84.5 cm³/mol. The van der Waals surface area contributed by atoms with Gasteiger partial charge in [-0.15, -0.1) is 0 Å².